The summed E-state index contributed by atoms with van der Waals surface area (Å²) >= 11 is 0. The summed E-state index contributed by atoms with van der Waals surface area (Å²) in [6.45, 7) is 0.764. The first-order chi connectivity index (χ1) is 5.90. The molecule has 64 valence electrons. The summed E-state index contributed by atoms with van der Waals surface area (Å²) < 4.78 is 0. The lowest BCUT2D eigenvalue weighted by Gasteiger charge is -2.00. The third-order valence-electron chi connectivity index (χ3n) is 2.06. The Morgan fingerprint density at radius 3 is 3.08 bits per heavy atom. The van der Waals surface area contributed by atoms with Gasteiger partial charge in [0.2, 0.25) is 0 Å². The molecule has 0 bridgehead atoms. The van der Waals surface area contributed by atoms with Crippen LogP contribution in [0.2, 0.25) is 0 Å². The van der Waals surface area contributed by atoms with Crippen LogP contribution in [-0.2, 0) is 6.54 Å². The summed E-state index contributed by atoms with van der Waals surface area (Å²) in [4.78, 5) is 8.62. The Hall–Kier alpha value is -0.960. The number of rotatable bonds is 3. The van der Waals surface area contributed by atoms with Gasteiger partial charge in [0, 0.05) is 17.8 Å². The van der Waals surface area contributed by atoms with Crippen molar-refractivity contribution in [2.24, 2.45) is 0 Å². The smallest absolute Gasteiger partial charge is 0.142 e. The Morgan fingerprint density at radius 2 is 2.42 bits per heavy atom. The zero-order valence-electron chi connectivity index (χ0n) is 7.25. The maximum Gasteiger partial charge on any atom is 0.142 e. The summed E-state index contributed by atoms with van der Waals surface area (Å²) in [5.74, 6) is 1.63. The van der Waals surface area contributed by atoms with Crippen molar-refractivity contribution in [1.29, 1.82) is 0 Å². The Balaban J connectivity index is 2.15. The van der Waals surface area contributed by atoms with Crippen molar-refractivity contribution in [2.45, 2.75) is 25.3 Å². The Labute approximate surface area is 72.2 Å². The lowest BCUT2D eigenvalue weighted by Crippen LogP contribution is -2.09. The van der Waals surface area contributed by atoms with Crippen LogP contribution in [0, 0.1) is 0 Å². The number of nitrogens with one attached hydrogen (secondary N) is 1. The highest BCUT2D eigenvalue weighted by molar-refractivity contribution is 5.13. The highest BCUT2D eigenvalue weighted by atomic mass is 14.9. The molecule has 0 radical (unpaired) electrons. The van der Waals surface area contributed by atoms with Gasteiger partial charge in [0.1, 0.15) is 5.82 Å². The zero-order chi connectivity index (χ0) is 8.39. The van der Waals surface area contributed by atoms with E-state index in [0.29, 0.717) is 0 Å². The van der Waals surface area contributed by atoms with Crippen molar-refractivity contribution in [2.75, 3.05) is 7.05 Å². The molecule has 1 saturated carbocycles. The molecule has 0 spiro atoms. The first-order valence-electron chi connectivity index (χ1n) is 4.36. The molecule has 0 aliphatic heterocycles. The molecule has 1 aliphatic carbocycles. The monoisotopic (exact) mass is 163 g/mol. The Bertz CT molecular complexity index is 268. The molecule has 0 atom stereocenters. The lowest BCUT2D eigenvalue weighted by atomic mass is 10.3. The predicted molar refractivity (Wildman–Crippen MR) is 46.8 cm³/mol. The van der Waals surface area contributed by atoms with Crippen molar-refractivity contribution >= 4 is 0 Å². The second kappa shape index (κ2) is 3.19. The fourth-order valence-corrected chi connectivity index (χ4v) is 1.26. The summed E-state index contributed by atoms with van der Waals surface area (Å²) in [5.41, 5.74) is 1.22. The molecule has 1 aromatic heterocycles. The molecule has 0 amide bonds. The highest BCUT2D eigenvalue weighted by Gasteiger charge is 2.24. The normalized spacial score (nSPS) is 16.4. The van der Waals surface area contributed by atoms with Crippen LogP contribution >= 0.6 is 0 Å². The molecule has 0 saturated heterocycles. The maximum absolute atomic E-state index is 4.45. The van der Waals surface area contributed by atoms with E-state index in [2.05, 4.69) is 15.3 Å². The molecule has 1 aliphatic rings. The fourth-order valence-electron chi connectivity index (χ4n) is 1.26. The average molecular weight is 163 g/mol. The molecule has 1 heterocycles. The highest BCUT2D eigenvalue weighted by Crippen LogP contribution is 2.38. The molecule has 3 nitrogen and oxygen atoms in total. The number of nitrogens with zero attached hydrogens (tertiary/aromatic N) is 2. The van der Waals surface area contributed by atoms with E-state index in [-0.39, 0.29) is 0 Å². The molecule has 1 aromatic rings. The molecule has 2 rings (SSSR count). The van der Waals surface area contributed by atoms with E-state index in [1.54, 1.807) is 0 Å². The van der Waals surface area contributed by atoms with Crippen LogP contribution < -0.4 is 5.32 Å². The second-order valence-electron chi connectivity index (χ2n) is 3.20. The molecule has 0 aromatic carbocycles. The quantitative estimate of drug-likeness (QED) is 0.724. The molecule has 1 N–H and O–H groups in total. The summed E-state index contributed by atoms with van der Waals surface area (Å²) in [7, 11) is 1.91. The van der Waals surface area contributed by atoms with Gasteiger partial charge in [0.25, 0.3) is 0 Å². The van der Waals surface area contributed by atoms with Gasteiger partial charge in [-0.15, -0.1) is 0 Å². The molecule has 3 heteroatoms. The topological polar surface area (TPSA) is 37.8 Å². The molecular formula is C9H13N3. The van der Waals surface area contributed by atoms with E-state index in [0.717, 1.165) is 18.3 Å². The maximum atomic E-state index is 4.45. The Morgan fingerprint density at radius 1 is 1.58 bits per heavy atom. The van der Waals surface area contributed by atoms with Crippen LogP contribution in [0.4, 0.5) is 0 Å². The van der Waals surface area contributed by atoms with Crippen molar-refractivity contribution in [3.8, 4) is 0 Å². The van der Waals surface area contributed by atoms with Gasteiger partial charge in [-0.3, -0.25) is 0 Å². The van der Waals surface area contributed by atoms with Crippen LogP contribution in [0.15, 0.2) is 12.3 Å². The van der Waals surface area contributed by atoms with E-state index >= 15 is 0 Å². The molecule has 1 fully saturated rings. The van der Waals surface area contributed by atoms with Gasteiger partial charge in [0.05, 0.1) is 6.54 Å². The van der Waals surface area contributed by atoms with E-state index < -0.39 is 0 Å². The van der Waals surface area contributed by atoms with Gasteiger partial charge in [0.15, 0.2) is 0 Å². The minimum absolute atomic E-state index is 0.726. The van der Waals surface area contributed by atoms with Crippen LogP contribution in [-0.4, -0.2) is 17.0 Å². The second-order valence-corrected chi connectivity index (χ2v) is 3.20. The van der Waals surface area contributed by atoms with Crippen molar-refractivity contribution in [3.05, 3.63) is 23.8 Å². The Kier molecular flexibility index (Phi) is 2.04. The average Bonchev–Trinajstić information content (AvgIpc) is 2.88. The lowest BCUT2D eigenvalue weighted by molar-refractivity contribution is 0.746. The molecular weight excluding hydrogens is 150 g/mol. The van der Waals surface area contributed by atoms with E-state index in [1.807, 2.05) is 19.3 Å². The minimum atomic E-state index is 0.726. The summed E-state index contributed by atoms with van der Waals surface area (Å²) in [5, 5.41) is 3.05. The van der Waals surface area contributed by atoms with Crippen molar-refractivity contribution < 1.29 is 0 Å². The number of hydrogen-bond acceptors (Lipinski definition) is 3. The fraction of sp³-hybridized carbons (Fsp3) is 0.556. The number of aromatic nitrogens is 2. The largest absolute Gasteiger partial charge is 0.313 e. The van der Waals surface area contributed by atoms with Crippen molar-refractivity contribution in [3.63, 3.8) is 0 Å². The first kappa shape index (κ1) is 7.68. The van der Waals surface area contributed by atoms with Crippen molar-refractivity contribution in [1.82, 2.24) is 15.3 Å². The first-order valence-corrected chi connectivity index (χ1v) is 4.36. The zero-order valence-corrected chi connectivity index (χ0v) is 7.25. The summed E-state index contributed by atoms with van der Waals surface area (Å²) in [6, 6.07) is 2.02. The minimum Gasteiger partial charge on any atom is -0.313 e. The van der Waals surface area contributed by atoms with E-state index in [1.165, 1.54) is 18.5 Å². The van der Waals surface area contributed by atoms with Crippen LogP contribution in [0.25, 0.3) is 0 Å². The third-order valence-corrected chi connectivity index (χ3v) is 2.06. The molecule has 12 heavy (non-hydrogen) atoms. The van der Waals surface area contributed by atoms with Gasteiger partial charge in [-0.1, -0.05) is 0 Å². The van der Waals surface area contributed by atoms with Gasteiger partial charge < -0.3 is 5.32 Å². The van der Waals surface area contributed by atoms with Gasteiger partial charge in [-0.05, 0) is 26.0 Å². The summed E-state index contributed by atoms with van der Waals surface area (Å²) in [6.07, 6.45) is 4.46. The third kappa shape index (κ3) is 1.61. The van der Waals surface area contributed by atoms with Gasteiger partial charge in [-0.2, -0.15) is 0 Å². The van der Waals surface area contributed by atoms with Gasteiger partial charge in [-0.25, -0.2) is 9.97 Å². The molecule has 0 unspecified atom stereocenters. The van der Waals surface area contributed by atoms with Crippen LogP contribution in [0.5, 0.6) is 0 Å². The van der Waals surface area contributed by atoms with E-state index in [4.69, 9.17) is 0 Å². The van der Waals surface area contributed by atoms with Crippen LogP contribution in [0.1, 0.15) is 30.3 Å². The number of hydrogen-bond donors (Lipinski definition) is 1. The SMILES string of the molecule is CNCc1nccc(C2CC2)n1. The van der Waals surface area contributed by atoms with Crippen LogP contribution in [0.3, 0.4) is 0 Å². The van der Waals surface area contributed by atoms with E-state index in [9.17, 15) is 0 Å². The standard InChI is InChI=1S/C9H13N3/c1-10-6-9-11-5-4-8(12-9)7-2-3-7/h4-5,7,10H,2-3,6H2,1H3. The predicted octanol–water partition coefficient (Wildman–Crippen LogP) is 1.07. The van der Waals surface area contributed by atoms with Gasteiger partial charge >= 0.3 is 0 Å².